The first-order valence-corrected chi connectivity index (χ1v) is 8.93. The van der Waals surface area contributed by atoms with E-state index in [0.29, 0.717) is 30.3 Å². The van der Waals surface area contributed by atoms with Crippen LogP contribution in [0.1, 0.15) is 37.6 Å². The number of anilines is 1. The molecule has 0 saturated carbocycles. The summed E-state index contributed by atoms with van der Waals surface area (Å²) in [4.78, 5) is 25.3. The maximum atomic E-state index is 12.3. The van der Waals surface area contributed by atoms with E-state index in [2.05, 4.69) is 17.0 Å². The lowest BCUT2D eigenvalue weighted by atomic mass is 9.95. The van der Waals surface area contributed by atoms with Gasteiger partial charge in [0, 0.05) is 31.3 Å². The smallest absolute Gasteiger partial charge is 0.337 e. The summed E-state index contributed by atoms with van der Waals surface area (Å²) >= 11 is 0. The number of rotatable bonds is 4. The molecule has 0 unspecified atom stereocenters. The first-order chi connectivity index (χ1) is 12.5. The van der Waals surface area contributed by atoms with Gasteiger partial charge in [-0.1, -0.05) is 25.5 Å². The van der Waals surface area contributed by atoms with Crippen LogP contribution in [0.3, 0.4) is 0 Å². The molecule has 1 saturated heterocycles. The summed E-state index contributed by atoms with van der Waals surface area (Å²) in [7, 11) is 1.33. The van der Waals surface area contributed by atoms with Crippen LogP contribution >= 0.6 is 0 Å². The molecule has 0 aromatic heterocycles. The van der Waals surface area contributed by atoms with Gasteiger partial charge in [-0.05, 0) is 44.0 Å². The van der Waals surface area contributed by atoms with Crippen molar-refractivity contribution in [1.29, 1.82) is 0 Å². The quantitative estimate of drug-likeness (QED) is 0.634. The second-order valence-electron chi connectivity index (χ2n) is 6.18. The molecular formula is C20H30N2O4. The van der Waals surface area contributed by atoms with Crippen molar-refractivity contribution >= 4 is 17.7 Å². The normalized spacial score (nSPS) is 19.0. The van der Waals surface area contributed by atoms with Crippen molar-refractivity contribution in [1.82, 2.24) is 4.90 Å². The molecule has 1 aromatic carbocycles. The Hall–Kier alpha value is -2.34. The fourth-order valence-electron chi connectivity index (χ4n) is 2.78. The third-order valence-corrected chi connectivity index (χ3v) is 4.51. The Balaban J connectivity index is 0.000000765. The molecule has 2 atom stereocenters. The van der Waals surface area contributed by atoms with Crippen molar-refractivity contribution in [3.05, 3.63) is 42.0 Å². The lowest BCUT2D eigenvalue weighted by Crippen LogP contribution is -2.33. The Morgan fingerprint density at radius 2 is 1.77 bits per heavy atom. The highest BCUT2D eigenvalue weighted by molar-refractivity contribution is 5.92. The molecule has 144 valence electrons. The predicted molar refractivity (Wildman–Crippen MR) is 103 cm³/mol. The molecule has 1 aliphatic rings. The number of nitrogens with zero attached hydrogens (tertiary/aromatic N) is 1. The summed E-state index contributed by atoms with van der Waals surface area (Å²) in [5.41, 5.74) is 1.06. The minimum atomic E-state index is -0.408. The van der Waals surface area contributed by atoms with Gasteiger partial charge in [-0.3, -0.25) is 0 Å². The second-order valence-corrected chi connectivity index (χ2v) is 6.18. The van der Waals surface area contributed by atoms with Crippen molar-refractivity contribution in [3.8, 4) is 0 Å². The van der Waals surface area contributed by atoms with Gasteiger partial charge in [0.05, 0.1) is 12.7 Å². The number of esters is 1. The summed E-state index contributed by atoms with van der Waals surface area (Å²) in [6.45, 7) is 7.41. The second kappa shape index (κ2) is 11.3. The van der Waals surface area contributed by atoms with E-state index in [1.807, 2.05) is 26.0 Å². The number of carbonyl (C=O) groups is 2. The minimum absolute atomic E-state index is 0.107. The summed E-state index contributed by atoms with van der Waals surface area (Å²) < 4.78 is 4.63. The number of aliphatic hydroxyl groups excluding tert-OH is 1. The lowest BCUT2D eigenvalue weighted by Gasteiger charge is -2.17. The van der Waals surface area contributed by atoms with E-state index in [0.717, 1.165) is 6.42 Å². The van der Waals surface area contributed by atoms with Crippen molar-refractivity contribution in [3.63, 3.8) is 0 Å². The lowest BCUT2D eigenvalue weighted by molar-refractivity contribution is 0.0600. The van der Waals surface area contributed by atoms with Crippen LogP contribution in [0.15, 0.2) is 36.4 Å². The molecule has 1 aromatic rings. The van der Waals surface area contributed by atoms with Crippen LogP contribution in [0.25, 0.3) is 0 Å². The molecule has 6 heteroatoms. The summed E-state index contributed by atoms with van der Waals surface area (Å²) in [5.74, 6) is 0.0869. The van der Waals surface area contributed by atoms with Crippen molar-refractivity contribution < 1.29 is 19.4 Å². The van der Waals surface area contributed by atoms with Gasteiger partial charge in [0.2, 0.25) is 0 Å². The van der Waals surface area contributed by atoms with Gasteiger partial charge in [-0.15, -0.1) is 0 Å². The van der Waals surface area contributed by atoms with Crippen LogP contribution in [0.4, 0.5) is 10.5 Å². The van der Waals surface area contributed by atoms with Crippen LogP contribution in [-0.4, -0.2) is 48.8 Å². The average molecular weight is 362 g/mol. The van der Waals surface area contributed by atoms with Crippen molar-refractivity contribution in [2.45, 2.75) is 27.2 Å². The zero-order valence-electron chi connectivity index (χ0n) is 16.1. The van der Waals surface area contributed by atoms with Gasteiger partial charge >= 0.3 is 12.0 Å². The van der Waals surface area contributed by atoms with E-state index in [4.69, 9.17) is 0 Å². The molecule has 1 heterocycles. The number of hydrogen-bond acceptors (Lipinski definition) is 4. The van der Waals surface area contributed by atoms with E-state index in [1.165, 1.54) is 7.11 Å². The zero-order valence-corrected chi connectivity index (χ0v) is 16.1. The van der Waals surface area contributed by atoms with Gasteiger partial charge in [0.1, 0.15) is 0 Å². The Kier molecular flexibility index (Phi) is 9.44. The number of aliphatic hydroxyl groups is 1. The zero-order chi connectivity index (χ0) is 19.5. The van der Waals surface area contributed by atoms with Crippen LogP contribution < -0.4 is 5.32 Å². The highest BCUT2D eigenvalue weighted by Gasteiger charge is 2.33. The van der Waals surface area contributed by atoms with Crippen LogP contribution in [-0.2, 0) is 4.74 Å². The van der Waals surface area contributed by atoms with Gasteiger partial charge in [0.25, 0.3) is 0 Å². The number of hydrogen-bond donors (Lipinski definition) is 2. The highest BCUT2D eigenvalue weighted by atomic mass is 16.5. The highest BCUT2D eigenvalue weighted by Crippen LogP contribution is 2.26. The number of likely N-dealkylation sites (tertiary alicyclic amines) is 1. The monoisotopic (exact) mass is 362 g/mol. The Morgan fingerprint density at radius 1 is 1.19 bits per heavy atom. The third-order valence-electron chi connectivity index (χ3n) is 4.51. The van der Waals surface area contributed by atoms with E-state index in [1.54, 1.807) is 29.2 Å². The molecule has 2 N–H and O–H groups in total. The number of urea groups is 1. The van der Waals surface area contributed by atoms with Crippen molar-refractivity contribution in [2.75, 3.05) is 32.1 Å². The summed E-state index contributed by atoms with van der Waals surface area (Å²) in [6.07, 6.45) is 4.95. The predicted octanol–water partition coefficient (Wildman–Crippen LogP) is 3.54. The topological polar surface area (TPSA) is 78.9 Å². The molecule has 2 amide bonds. The molecule has 6 nitrogen and oxygen atoms in total. The summed E-state index contributed by atoms with van der Waals surface area (Å²) in [5, 5.41) is 12.2. The fourth-order valence-corrected chi connectivity index (χ4v) is 2.78. The number of nitrogens with one attached hydrogen (secondary N) is 1. The standard InChI is InChI=1S/C16H22N2O4.C4H8/c1-3-11-8-18(9-13(11)10-19)16(21)17-14-6-4-12(5-7-14)15(20)22-2;1-3-4-2/h4-7,11,13,19H,3,8-10H2,1-2H3,(H,17,21);3-4H,1-2H3/b;4-3-/t11-,13-;/m1./s1. The van der Waals surface area contributed by atoms with Crippen LogP contribution in [0.2, 0.25) is 0 Å². The number of allylic oxidation sites excluding steroid dienone is 2. The molecule has 1 aliphatic heterocycles. The number of ether oxygens (including phenoxy) is 1. The SMILES string of the molecule is C/C=C\C.CC[C@@H]1CN(C(=O)Nc2ccc(C(=O)OC)cc2)C[C@@H]1CO. The van der Waals surface area contributed by atoms with Gasteiger partial charge < -0.3 is 20.1 Å². The molecule has 0 bridgehead atoms. The Labute approximate surface area is 155 Å². The van der Waals surface area contributed by atoms with Gasteiger partial charge in [0.15, 0.2) is 0 Å². The van der Waals surface area contributed by atoms with Gasteiger partial charge in [-0.25, -0.2) is 9.59 Å². The Morgan fingerprint density at radius 3 is 2.19 bits per heavy atom. The first kappa shape index (κ1) is 21.7. The minimum Gasteiger partial charge on any atom is -0.465 e. The summed E-state index contributed by atoms with van der Waals surface area (Å²) in [6, 6.07) is 6.37. The molecule has 1 fully saturated rings. The third kappa shape index (κ3) is 6.19. The number of amides is 2. The molecular weight excluding hydrogens is 332 g/mol. The van der Waals surface area contributed by atoms with Crippen LogP contribution in [0, 0.1) is 11.8 Å². The van der Waals surface area contributed by atoms with Gasteiger partial charge in [-0.2, -0.15) is 0 Å². The molecule has 0 radical (unpaired) electrons. The number of methoxy groups -OCH3 is 1. The van der Waals surface area contributed by atoms with Crippen LogP contribution in [0.5, 0.6) is 0 Å². The average Bonchev–Trinajstić information content (AvgIpc) is 3.11. The van der Waals surface area contributed by atoms with E-state index in [9.17, 15) is 14.7 Å². The van der Waals surface area contributed by atoms with E-state index in [-0.39, 0.29) is 18.6 Å². The fraction of sp³-hybridized carbons (Fsp3) is 0.500. The van der Waals surface area contributed by atoms with E-state index >= 15 is 0 Å². The first-order valence-electron chi connectivity index (χ1n) is 8.93. The maximum absolute atomic E-state index is 12.3. The largest absolute Gasteiger partial charge is 0.465 e. The van der Waals surface area contributed by atoms with E-state index < -0.39 is 5.97 Å². The number of carbonyl (C=O) groups excluding carboxylic acids is 2. The molecule has 26 heavy (non-hydrogen) atoms. The molecule has 0 aliphatic carbocycles. The number of benzene rings is 1. The van der Waals surface area contributed by atoms with Crippen molar-refractivity contribution in [2.24, 2.45) is 11.8 Å². The Bertz CT molecular complexity index is 582. The maximum Gasteiger partial charge on any atom is 0.337 e. The molecule has 2 rings (SSSR count). The molecule has 0 spiro atoms.